The van der Waals surface area contributed by atoms with Crippen LogP contribution in [0.4, 0.5) is 0 Å². The first-order chi connectivity index (χ1) is 7.11. The Hall–Kier alpha value is 0.0169. The topological polar surface area (TPSA) is 0 Å². The lowest BCUT2D eigenvalue weighted by Gasteiger charge is -2.30. The van der Waals surface area contributed by atoms with Gasteiger partial charge in [-0.3, -0.25) is 0 Å². The molecule has 0 saturated heterocycles. The molecule has 0 nitrogen and oxygen atoms in total. The first-order valence-corrected chi connectivity index (χ1v) is 8.93. The standard InChI is InChI=1S/C12H18Cl2Si/c1-4-15(5-2,6-3)12-10(13)8-7-9-11(12)14/h7-9H,4-6H2,1-3H3. The molecule has 0 N–H and O–H groups in total. The van der Waals surface area contributed by atoms with E-state index in [-0.39, 0.29) is 0 Å². The van der Waals surface area contributed by atoms with E-state index in [1.165, 1.54) is 23.3 Å². The highest BCUT2D eigenvalue weighted by Crippen LogP contribution is 2.27. The van der Waals surface area contributed by atoms with Gasteiger partial charge in [-0.15, -0.1) is 0 Å². The van der Waals surface area contributed by atoms with E-state index in [0.717, 1.165) is 10.0 Å². The summed E-state index contributed by atoms with van der Waals surface area (Å²) in [6.07, 6.45) is 0. The number of benzene rings is 1. The first kappa shape index (κ1) is 13.1. The van der Waals surface area contributed by atoms with E-state index in [2.05, 4.69) is 20.8 Å². The van der Waals surface area contributed by atoms with Crippen molar-refractivity contribution in [2.45, 2.75) is 38.9 Å². The number of hydrogen-bond acceptors (Lipinski definition) is 0. The predicted molar refractivity (Wildman–Crippen MR) is 73.3 cm³/mol. The van der Waals surface area contributed by atoms with E-state index in [9.17, 15) is 0 Å². The van der Waals surface area contributed by atoms with Crippen molar-refractivity contribution in [2.75, 3.05) is 0 Å². The third kappa shape index (κ3) is 2.40. The van der Waals surface area contributed by atoms with Gasteiger partial charge in [0.25, 0.3) is 0 Å². The highest BCUT2D eigenvalue weighted by molar-refractivity contribution is 6.94. The van der Waals surface area contributed by atoms with Crippen LogP contribution >= 0.6 is 23.2 Å². The van der Waals surface area contributed by atoms with E-state index in [1.54, 1.807) is 0 Å². The maximum absolute atomic E-state index is 6.30. The summed E-state index contributed by atoms with van der Waals surface area (Å²) in [5.74, 6) is 0. The van der Waals surface area contributed by atoms with Crippen LogP contribution in [0.3, 0.4) is 0 Å². The molecule has 1 aromatic rings. The second-order valence-electron chi connectivity index (χ2n) is 3.94. The molecule has 0 amide bonds. The van der Waals surface area contributed by atoms with Crippen molar-refractivity contribution in [3.8, 4) is 0 Å². The van der Waals surface area contributed by atoms with Gasteiger partial charge in [0.2, 0.25) is 0 Å². The van der Waals surface area contributed by atoms with Crippen LogP contribution in [0.15, 0.2) is 18.2 Å². The van der Waals surface area contributed by atoms with Crippen LogP contribution < -0.4 is 5.19 Å². The largest absolute Gasteiger partial charge is 0.0898 e. The molecule has 15 heavy (non-hydrogen) atoms. The summed E-state index contributed by atoms with van der Waals surface area (Å²) in [4.78, 5) is 0. The Kier molecular flexibility index (Phi) is 4.69. The molecule has 0 heterocycles. The average molecular weight is 261 g/mol. The second-order valence-corrected chi connectivity index (χ2v) is 9.93. The van der Waals surface area contributed by atoms with Crippen molar-refractivity contribution in [3.63, 3.8) is 0 Å². The van der Waals surface area contributed by atoms with E-state index >= 15 is 0 Å². The third-order valence-electron chi connectivity index (χ3n) is 3.52. The Morgan fingerprint density at radius 2 is 1.33 bits per heavy atom. The second kappa shape index (κ2) is 5.38. The molecule has 0 aliphatic rings. The van der Waals surface area contributed by atoms with Crippen molar-refractivity contribution >= 4 is 36.5 Å². The lowest BCUT2D eigenvalue weighted by atomic mass is 10.4. The minimum absolute atomic E-state index is 0.861. The Morgan fingerprint density at radius 1 is 0.933 bits per heavy atom. The quantitative estimate of drug-likeness (QED) is 0.688. The van der Waals surface area contributed by atoms with Gasteiger partial charge in [-0.1, -0.05) is 68.2 Å². The summed E-state index contributed by atoms with van der Waals surface area (Å²) in [5.41, 5.74) is 0. The molecule has 0 atom stereocenters. The molecule has 0 aromatic heterocycles. The van der Waals surface area contributed by atoms with Gasteiger partial charge in [0.05, 0.1) is 8.07 Å². The molecular formula is C12H18Cl2Si. The maximum atomic E-state index is 6.30. The van der Waals surface area contributed by atoms with Gasteiger partial charge in [-0.2, -0.15) is 0 Å². The molecule has 1 aromatic carbocycles. The van der Waals surface area contributed by atoms with Crippen molar-refractivity contribution in [3.05, 3.63) is 28.2 Å². The summed E-state index contributed by atoms with van der Waals surface area (Å²) >= 11 is 12.6. The fourth-order valence-corrected chi connectivity index (χ4v) is 7.63. The van der Waals surface area contributed by atoms with Crippen molar-refractivity contribution in [2.24, 2.45) is 0 Å². The van der Waals surface area contributed by atoms with Crippen LogP contribution in [0, 0.1) is 0 Å². The van der Waals surface area contributed by atoms with Gasteiger partial charge in [0.15, 0.2) is 0 Å². The minimum atomic E-state index is -1.45. The van der Waals surface area contributed by atoms with Crippen LogP contribution in [0.1, 0.15) is 20.8 Å². The van der Waals surface area contributed by atoms with E-state index in [4.69, 9.17) is 23.2 Å². The molecule has 0 fully saturated rings. The fraction of sp³-hybridized carbons (Fsp3) is 0.500. The zero-order valence-corrected chi connectivity index (χ0v) is 12.1. The van der Waals surface area contributed by atoms with Gasteiger partial charge in [-0.05, 0) is 17.3 Å². The van der Waals surface area contributed by atoms with E-state index in [0.29, 0.717) is 0 Å². The molecule has 0 spiro atoms. The van der Waals surface area contributed by atoms with Crippen molar-refractivity contribution in [1.82, 2.24) is 0 Å². The van der Waals surface area contributed by atoms with E-state index < -0.39 is 8.07 Å². The average Bonchev–Trinajstić information content (AvgIpc) is 2.24. The smallest absolute Gasteiger partial charge is 0.0844 e. The maximum Gasteiger partial charge on any atom is 0.0898 e. The Bertz CT molecular complexity index is 304. The molecule has 0 radical (unpaired) electrons. The molecular weight excluding hydrogens is 243 g/mol. The third-order valence-corrected chi connectivity index (χ3v) is 10.1. The number of hydrogen-bond donors (Lipinski definition) is 0. The van der Waals surface area contributed by atoms with Gasteiger partial charge >= 0.3 is 0 Å². The normalized spacial score (nSPS) is 11.8. The molecule has 0 unspecified atom stereocenters. The predicted octanol–water partition coefficient (Wildman–Crippen LogP) is 4.71. The van der Waals surface area contributed by atoms with Crippen molar-refractivity contribution in [1.29, 1.82) is 0 Å². The van der Waals surface area contributed by atoms with E-state index in [1.807, 2.05) is 18.2 Å². The first-order valence-electron chi connectivity index (χ1n) is 5.55. The lowest BCUT2D eigenvalue weighted by Crippen LogP contribution is -2.47. The van der Waals surface area contributed by atoms with Crippen LogP contribution in [0.5, 0.6) is 0 Å². The molecule has 0 aliphatic heterocycles. The van der Waals surface area contributed by atoms with Crippen LogP contribution in [0.2, 0.25) is 28.2 Å². The zero-order chi connectivity index (χ0) is 11.5. The minimum Gasteiger partial charge on any atom is -0.0844 e. The highest BCUT2D eigenvalue weighted by Gasteiger charge is 2.32. The SMILES string of the molecule is CC[Si](CC)(CC)c1c(Cl)cccc1Cl. The van der Waals surface area contributed by atoms with Crippen molar-refractivity contribution < 1.29 is 0 Å². The summed E-state index contributed by atoms with van der Waals surface area (Å²) in [6, 6.07) is 9.49. The summed E-state index contributed by atoms with van der Waals surface area (Å²) < 4.78 is 0. The van der Waals surface area contributed by atoms with Gasteiger partial charge in [-0.25, -0.2) is 0 Å². The summed E-state index contributed by atoms with van der Waals surface area (Å²) in [7, 11) is -1.45. The van der Waals surface area contributed by atoms with Crippen LogP contribution in [-0.4, -0.2) is 8.07 Å². The molecule has 1 rings (SSSR count). The Balaban J connectivity index is 3.34. The van der Waals surface area contributed by atoms with Crippen LogP contribution in [0.25, 0.3) is 0 Å². The molecule has 84 valence electrons. The molecule has 0 bridgehead atoms. The highest BCUT2D eigenvalue weighted by atomic mass is 35.5. The van der Waals surface area contributed by atoms with Gasteiger partial charge in [0, 0.05) is 10.0 Å². The molecule has 0 saturated carbocycles. The lowest BCUT2D eigenvalue weighted by molar-refractivity contribution is 1.19. The molecule has 3 heteroatoms. The Labute approximate surface area is 104 Å². The fourth-order valence-electron chi connectivity index (χ4n) is 2.28. The monoisotopic (exact) mass is 260 g/mol. The summed E-state index contributed by atoms with van der Waals surface area (Å²) in [5, 5.41) is 2.99. The Morgan fingerprint density at radius 3 is 1.67 bits per heavy atom. The number of halogens is 2. The van der Waals surface area contributed by atoms with Gasteiger partial charge < -0.3 is 0 Å². The summed E-state index contributed by atoms with van der Waals surface area (Å²) in [6.45, 7) is 6.79. The zero-order valence-electron chi connectivity index (χ0n) is 9.61. The van der Waals surface area contributed by atoms with Crippen LogP contribution in [-0.2, 0) is 0 Å². The van der Waals surface area contributed by atoms with Gasteiger partial charge in [0.1, 0.15) is 0 Å². The molecule has 0 aliphatic carbocycles. The number of rotatable bonds is 4.